The number of nitriles is 1. The summed E-state index contributed by atoms with van der Waals surface area (Å²) in [7, 11) is 0. The summed E-state index contributed by atoms with van der Waals surface area (Å²) in [6.45, 7) is 4.71. The number of likely N-dealkylation sites (N-methyl/N-ethyl adjacent to an activating group) is 1. The minimum absolute atomic E-state index is 0.169. The van der Waals surface area contributed by atoms with Gasteiger partial charge in [0.15, 0.2) is 0 Å². The number of piperidine rings is 1. The summed E-state index contributed by atoms with van der Waals surface area (Å²) in [5, 5.41) is 11.5. The molecule has 1 rings (SSSR count). The zero-order valence-electron chi connectivity index (χ0n) is 9.33. The van der Waals surface area contributed by atoms with E-state index < -0.39 is 0 Å². The first-order valence-corrected chi connectivity index (χ1v) is 5.65. The summed E-state index contributed by atoms with van der Waals surface area (Å²) in [5.74, 6) is 0.169. The molecule has 1 aliphatic heterocycles. The molecular weight excluding hydrogens is 190 g/mol. The van der Waals surface area contributed by atoms with Crippen molar-refractivity contribution in [2.45, 2.75) is 38.6 Å². The highest BCUT2D eigenvalue weighted by atomic mass is 16.1. The lowest BCUT2D eigenvalue weighted by atomic mass is 10.0. The topological polar surface area (TPSA) is 56.1 Å². The molecule has 0 aliphatic carbocycles. The van der Waals surface area contributed by atoms with Gasteiger partial charge in [-0.05, 0) is 19.4 Å². The highest BCUT2D eigenvalue weighted by Crippen LogP contribution is 2.09. The summed E-state index contributed by atoms with van der Waals surface area (Å²) < 4.78 is 0. The van der Waals surface area contributed by atoms with Crippen molar-refractivity contribution >= 4 is 5.91 Å². The third-order valence-corrected chi connectivity index (χ3v) is 2.79. The number of nitrogens with zero attached hydrogens (tertiary/aromatic N) is 2. The molecule has 1 amide bonds. The van der Waals surface area contributed by atoms with Crippen molar-refractivity contribution in [1.82, 2.24) is 10.2 Å². The first-order valence-electron chi connectivity index (χ1n) is 5.65. The summed E-state index contributed by atoms with van der Waals surface area (Å²) in [6, 6.07) is 2.43. The maximum atomic E-state index is 11.2. The molecule has 1 fully saturated rings. The highest BCUT2D eigenvalue weighted by Gasteiger charge is 2.19. The van der Waals surface area contributed by atoms with Gasteiger partial charge in [0.25, 0.3) is 0 Å². The Morgan fingerprint density at radius 1 is 1.67 bits per heavy atom. The van der Waals surface area contributed by atoms with Gasteiger partial charge in [0.2, 0.25) is 5.91 Å². The third kappa shape index (κ3) is 4.30. The second-order valence-electron chi connectivity index (χ2n) is 3.96. The van der Waals surface area contributed by atoms with E-state index in [9.17, 15) is 4.79 Å². The van der Waals surface area contributed by atoms with Crippen molar-refractivity contribution in [3.05, 3.63) is 0 Å². The summed E-state index contributed by atoms with van der Waals surface area (Å²) in [5.41, 5.74) is 0. The number of hydrogen-bond acceptors (Lipinski definition) is 3. The Kier molecular flexibility index (Phi) is 5.13. The molecule has 15 heavy (non-hydrogen) atoms. The number of nitrogens with one attached hydrogen (secondary N) is 1. The molecule has 1 N–H and O–H groups in total. The van der Waals surface area contributed by atoms with E-state index in [1.165, 1.54) is 0 Å². The minimum Gasteiger partial charge on any atom is -0.352 e. The van der Waals surface area contributed by atoms with Gasteiger partial charge in [0.05, 0.1) is 6.07 Å². The molecule has 0 aromatic heterocycles. The number of amides is 1. The second-order valence-corrected chi connectivity index (χ2v) is 3.96. The van der Waals surface area contributed by atoms with Gasteiger partial charge < -0.3 is 10.2 Å². The Balaban J connectivity index is 2.30. The molecule has 0 bridgehead atoms. The predicted molar refractivity (Wildman–Crippen MR) is 58.1 cm³/mol. The molecule has 4 nitrogen and oxygen atoms in total. The van der Waals surface area contributed by atoms with Crippen molar-refractivity contribution < 1.29 is 4.79 Å². The summed E-state index contributed by atoms with van der Waals surface area (Å²) in [6.07, 6.45) is 3.29. The fourth-order valence-electron chi connectivity index (χ4n) is 1.92. The SMILES string of the molecule is CCN(CCC#N)CC1CCCC(=O)N1. The summed E-state index contributed by atoms with van der Waals surface area (Å²) in [4.78, 5) is 13.4. The van der Waals surface area contributed by atoms with Crippen LogP contribution in [0.2, 0.25) is 0 Å². The minimum atomic E-state index is 0.169. The van der Waals surface area contributed by atoms with E-state index in [2.05, 4.69) is 23.2 Å². The van der Waals surface area contributed by atoms with Gasteiger partial charge in [-0.25, -0.2) is 0 Å². The van der Waals surface area contributed by atoms with Crippen LogP contribution in [0, 0.1) is 11.3 Å². The smallest absolute Gasteiger partial charge is 0.220 e. The van der Waals surface area contributed by atoms with Crippen LogP contribution in [-0.2, 0) is 4.79 Å². The van der Waals surface area contributed by atoms with Crippen molar-refractivity contribution in [2.24, 2.45) is 0 Å². The van der Waals surface area contributed by atoms with Crippen LogP contribution in [0.1, 0.15) is 32.6 Å². The Hall–Kier alpha value is -1.08. The molecule has 1 unspecified atom stereocenters. The molecule has 1 atom stereocenters. The lowest BCUT2D eigenvalue weighted by Gasteiger charge is -2.29. The van der Waals surface area contributed by atoms with Crippen LogP contribution in [0.15, 0.2) is 0 Å². The molecule has 0 spiro atoms. The quantitative estimate of drug-likeness (QED) is 0.731. The Morgan fingerprint density at radius 2 is 2.47 bits per heavy atom. The predicted octanol–water partition coefficient (Wildman–Crippen LogP) is 0.891. The van der Waals surface area contributed by atoms with E-state index in [-0.39, 0.29) is 11.9 Å². The second kappa shape index (κ2) is 6.41. The van der Waals surface area contributed by atoms with Crippen LogP contribution in [0.5, 0.6) is 0 Å². The molecule has 4 heteroatoms. The molecule has 0 saturated carbocycles. The normalized spacial score (nSPS) is 21.1. The standard InChI is InChI=1S/C11H19N3O/c1-2-14(8-4-7-12)9-10-5-3-6-11(15)13-10/h10H,2-6,8-9H2,1H3,(H,13,15). The molecule has 1 saturated heterocycles. The fraction of sp³-hybridized carbons (Fsp3) is 0.818. The van der Waals surface area contributed by atoms with Gasteiger partial charge in [-0.3, -0.25) is 4.79 Å². The summed E-state index contributed by atoms with van der Waals surface area (Å²) >= 11 is 0. The van der Waals surface area contributed by atoms with Crippen LogP contribution in [0.4, 0.5) is 0 Å². The fourth-order valence-corrected chi connectivity index (χ4v) is 1.92. The van der Waals surface area contributed by atoms with Crippen LogP contribution < -0.4 is 5.32 Å². The average Bonchev–Trinajstić information content (AvgIpc) is 2.24. The van der Waals surface area contributed by atoms with Crippen LogP contribution in [0.25, 0.3) is 0 Å². The van der Waals surface area contributed by atoms with E-state index in [0.717, 1.165) is 32.5 Å². The first kappa shape index (κ1) is 12.0. The largest absolute Gasteiger partial charge is 0.352 e. The first-order chi connectivity index (χ1) is 7.26. The number of carbonyl (C=O) groups is 1. The monoisotopic (exact) mass is 209 g/mol. The zero-order chi connectivity index (χ0) is 11.1. The van der Waals surface area contributed by atoms with E-state index in [0.29, 0.717) is 12.8 Å². The van der Waals surface area contributed by atoms with Gasteiger partial charge in [-0.15, -0.1) is 0 Å². The molecule has 1 heterocycles. The maximum Gasteiger partial charge on any atom is 0.220 e. The van der Waals surface area contributed by atoms with Crippen LogP contribution >= 0.6 is 0 Å². The van der Waals surface area contributed by atoms with Crippen LogP contribution in [-0.4, -0.2) is 36.5 Å². The van der Waals surface area contributed by atoms with Crippen molar-refractivity contribution in [3.8, 4) is 6.07 Å². The lowest BCUT2D eigenvalue weighted by molar-refractivity contribution is -0.123. The van der Waals surface area contributed by atoms with Gasteiger partial charge >= 0.3 is 0 Å². The average molecular weight is 209 g/mol. The molecule has 0 radical (unpaired) electrons. The van der Waals surface area contributed by atoms with E-state index in [1.807, 2.05) is 0 Å². The molecule has 1 aliphatic rings. The van der Waals surface area contributed by atoms with Crippen LogP contribution in [0.3, 0.4) is 0 Å². The van der Waals surface area contributed by atoms with E-state index >= 15 is 0 Å². The number of hydrogen-bond donors (Lipinski definition) is 1. The van der Waals surface area contributed by atoms with Crippen molar-refractivity contribution in [1.29, 1.82) is 5.26 Å². The Labute approximate surface area is 91.2 Å². The lowest BCUT2D eigenvalue weighted by Crippen LogP contribution is -2.46. The van der Waals surface area contributed by atoms with Gasteiger partial charge in [-0.1, -0.05) is 6.92 Å². The van der Waals surface area contributed by atoms with Gasteiger partial charge in [0, 0.05) is 32.0 Å². The zero-order valence-corrected chi connectivity index (χ0v) is 9.33. The van der Waals surface area contributed by atoms with Crippen molar-refractivity contribution in [3.63, 3.8) is 0 Å². The Morgan fingerprint density at radius 3 is 3.07 bits per heavy atom. The number of rotatable bonds is 5. The van der Waals surface area contributed by atoms with Gasteiger partial charge in [-0.2, -0.15) is 5.26 Å². The number of carbonyl (C=O) groups excluding carboxylic acids is 1. The molecule has 0 aromatic carbocycles. The highest BCUT2D eigenvalue weighted by molar-refractivity contribution is 5.76. The Bertz CT molecular complexity index is 247. The van der Waals surface area contributed by atoms with Gasteiger partial charge in [0.1, 0.15) is 0 Å². The van der Waals surface area contributed by atoms with E-state index in [4.69, 9.17) is 5.26 Å². The molecule has 84 valence electrons. The van der Waals surface area contributed by atoms with E-state index in [1.54, 1.807) is 0 Å². The van der Waals surface area contributed by atoms with Crippen molar-refractivity contribution in [2.75, 3.05) is 19.6 Å². The molecular formula is C11H19N3O. The molecule has 0 aromatic rings. The maximum absolute atomic E-state index is 11.2. The third-order valence-electron chi connectivity index (χ3n) is 2.79.